The molecule has 0 N–H and O–H groups in total. The molecular formula is C6H9O3. The normalized spacial score (nSPS) is 13.6. The Balaban J connectivity index is 3.50. The lowest BCUT2D eigenvalue weighted by atomic mass is 10.4. The molecule has 3 nitrogen and oxygen atoms in total. The van der Waals surface area contributed by atoms with Gasteiger partial charge in [-0.3, -0.25) is 0 Å². The second kappa shape index (κ2) is 3.95. The average molecular weight is 129 g/mol. The van der Waals surface area contributed by atoms with Gasteiger partial charge in [-0.25, -0.2) is 0 Å². The van der Waals surface area contributed by atoms with Crippen LogP contribution in [0.3, 0.4) is 0 Å². The number of carbonyl (C=O) groups excluding carboxylic acids is 1. The fourth-order valence-corrected chi connectivity index (χ4v) is 0.462. The smallest absolute Gasteiger partial charge is 0.425 e. The Morgan fingerprint density at radius 2 is 2.22 bits per heavy atom. The van der Waals surface area contributed by atoms with Gasteiger partial charge in [-0.05, 0) is 19.9 Å². The van der Waals surface area contributed by atoms with Crippen LogP contribution in [-0.4, -0.2) is 12.3 Å². The summed E-state index contributed by atoms with van der Waals surface area (Å²) in [6, 6.07) is 0. The molecule has 1 radical (unpaired) electrons. The van der Waals surface area contributed by atoms with Crippen molar-refractivity contribution in [3.63, 3.8) is 0 Å². The second-order valence-corrected chi connectivity index (χ2v) is 1.60. The van der Waals surface area contributed by atoms with Crippen LogP contribution in [0.15, 0.2) is 12.2 Å². The Morgan fingerprint density at radius 1 is 1.67 bits per heavy atom. The van der Waals surface area contributed by atoms with Crippen molar-refractivity contribution in [3.05, 3.63) is 12.2 Å². The van der Waals surface area contributed by atoms with E-state index in [1.54, 1.807) is 26.0 Å². The molecule has 1 unspecified atom stereocenters. The quantitative estimate of drug-likeness (QED) is 0.419. The zero-order chi connectivity index (χ0) is 7.28. The van der Waals surface area contributed by atoms with Crippen molar-refractivity contribution in [2.24, 2.45) is 0 Å². The molecular weight excluding hydrogens is 120 g/mol. The van der Waals surface area contributed by atoms with E-state index in [1.807, 2.05) is 0 Å². The number of carbonyl (C=O) groups is 1. The van der Waals surface area contributed by atoms with E-state index in [2.05, 4.69) is 4.74 Å². The van der Waals surface area contributed by atoms with Gasteiger partial charge in [0.05, 0.1) is 0 Å². The van der Waals surface area contributed by atoms with E-state index in [-0.39, 0.29) is 0 Å². The summed E-state index contributed by atoms with van der Waals surface area (Å²) in [6.45, 7) is 3.41. The SMILES string of the molecule is CC=CC(C)OC([O])=O. The van der Waals surface area contributed by atoms with Crippen LogP contribution in [0, 0.1) is 0 Å². The molecule has 0 saturated carbocycles. The molecule has 0 aliphatic rings. The van der Waals surface area contributed by atoms with E-state index in [0.29, 0.717) is 0 Å². The van der Waals surface area contributed by atoms with Gasteiger partial charge in [0.1, 0.15) is 6.10 Å². The van der Waals surface area contributed by atoms with Crippen molar-refractivity contribution in [2.75, 3.05) is 0 Å². The zero-order valence-corrected chi connectivity index (χ0v) is 5.46. The largest absolute Gasteiger partial charge is 0.550 e. The molecule has 0 rings (SSSR count). The maximum absolute atomic E-state index is 9.72. The molecule has 0 aromatic rings. The molecule has 0 fully saturated rings. The summed E-state index contributed by atoms with van der Waals surface area (Å²) >= 11 is 0. The van der Waals surface area contributed by atoms with E-state index in [4.69, 9.17) is 0 Å². The van der Waals surface area contributed by atoms with Gasteiger partial charge in [-0.1, -0.05) is 6.08 Å². The Bertz CT molecular complexity index is 117. The van der Waals surface area contributed by atoms with Crippen molar-refractivity contribution in [1.82, 2.24) is 0 Å². The Hall–Kier alpha value is -0.990. The molecule has 51 valence electrons. The maximum Gasteiger partial charge on any atom is 0.550 e. The van der Waals surface area contributed by atoms with Crippen molar-refractivity contribution >= 4 is 6.16 Å². The van der Waals surface area contributed by atoms with Gasteiger partial charge in [0.15, 0.2) is 0 Å². The first-order valence-electron chi connectivity index (χ1n) is 2.67. The molecule has 0 bridgehead atoms. The van der Waals surface area contributed by atoms with Crippen LogP contribution in [0.5, 0.6) is 0 Å². The van der Waals surface area contributed by atoms with Crippen LogP contribution in [0.4, 0.5) is 4.79 Å². The molecule has 0 amide bonds. The lowest BCUT2D eigenvalue weighted by molar-refractivity contribution is 0.0529. The van der Waals surface area contributed by atoms with Crippen LogP contribution in [-0.2, 0) is 9.84 Å². The molecule has 3 heteroatoms. The fraction of sp³-hybridized carbons (Fsp3) is 0.500. The maximum atomic E-state index is 9.72. The van der Waals surface area contributed by atoms with Gasteiger partial charge in [0, 0.05) is 0 Å². The number of allylic oxidation sites excluding steroid dienone is 1. The number of ether oxygens (including phenoxy) is 1. The molecule has 0 aromatic carbocycles. The van der Waals surface area contributed by atoms with Gasteiger partial charge in [-0.2, -0.15) is 9.90 Å². The molecule has 0 heterocycles. The first-order chi connectivity index (χ1) is 4.16. The minimum atomic E-state index is -1.49. The lowest BCUT2D eigenvalue weighted by Crippen LogP contribution is -2.08. The second-order valence-electron chi connectivity index (χ2n) is 1.60. The number of rotatable bonds is 2. The third kappa shape index (κ3) is 4.87. The molecule has 0 aliphatic heterocycles. The van der Waals surface area contributed by atoms with E-state index in [0.717, 1.165) is 0 Å². The highest BCUT2D eigenvalue weighted by Gasteiger charge is 2.02. The van der Waals surface area contributed by atoms with Crippen LogP contribution >= 0.6 is 0 Å². The van der Waals surface area contributed by atoms with E-state index >= 15 is 0 Å². The first-order valence-corrected chi connectivity index (χ1v) is 2.67. The minimum Gasteiger partial charge on any atom is -0.425 e. The van der Waals surface area contributed by atoms with E-state index < -0.39 is 12.3 Å². The fourth-order valence-electron chi connectivity index (χ4n) is 0.462. The zero-order valence-electron chi connectivity index (χ0n) is 5.46. The standard InChI is InChI=1S/C6H9O3/c1-3-4-5(2)9-6(7)8/h3-5H,1-2H3. The van der Waals surface area contributed by atoms with Gasteiger partial charge in [0.2, 0.25) is 0 Å². The summed E-state index contributed by atoms with van der Waals surface area (Å²) in [6.07, 6.45) is 1.45. The molecule has 0 aromatic heterocycles. The van der Waals surface area contributed by atoms with Crippen LogP contribution in [0.2, 0.25) is 0 Å². The van der Waals surface area contributed by atoms with Crippen molar-refractivity contribution < 1.29 is 14.6 Å². The summed E-state index contributed by atoms with van der Waals surface area (Å²) in [4.78, 5) is 9.72. The highest BCUT2D eigenvalue weighted by atomic mass is 16.7. The Morgan fingerprint density at radius 3 is 2.56 bits per heavy atom. The van der Waals surface area contributed by atoms with Crippen molar-refractivity contribution in [2.45, 2.75) is 20.0 Å². The summed E-state index contributed by atoms with van der Waals surface area (Å²) < 4.78 is 4.21. The minimum absolute atomic E-state index is 0.403. The third-order valence-corrected chi connectivity index (χ3v) is 0.746. The Labute approximate surface area is 53.9 Å². The average Bonchev–Trinajstić information content (AvgIpc) is 1.63. The molecule has 9 heavy (non-hydrogen) atoms. The van der Waals surface area contributed by atoms with Crippen LogP contribution in [0.1, 0.15) is 13.8 Å². The molecule has 0 aliphatic carbocycles. The van der Waals surface area contributed by atoms with Gasteiger partial charge in [0.25, 0.3) is 0 Å². The predicted molar refractivity (Wildman–Crippen MR) is 31.4 cm³/mol. The van der Waals surface area contributed by atoms with Gasteiger partial charge < -0.3 is 4.74 Å². The molecule has 0 spiro atoms. The summed E-state index contributed by atoms with van der Waals surface area (Å²) in [7, 11) is 0. The van der Waals surface area contributed by atoms with E-state index in [9.17, 15) is 9.90 Å². The molecule has 1 atom stereocenters. The van der Waals surface area contributed by atoms with Crippen molar-refractivity contribution in [3.8, 4) is 0 Å². The summed E-state index contributed by atoms with van der Waals surface area (Å²) in [5, 5.41) is 9.72. The van der Waals surface area contributed by atoms with Gasteiger partial charge in [-0.15, -0.1) is 0 Å². The van der Waals surface area contributed by atoms with Crippen LogP contribution in [0.25, 0.3) is 0 Å². The monoisotopic (exact) mass is 129 g/mol. The number of hydrogen-bond acceptors (Lipinski definition) is 2. The highest BCUT2D eigenvalue weighted by molar-refractivity contribution is 5.56. The topological polar surface area (TPSA) is 46.2 Å². The predicted octanol–water partition coefficient (Wildman–Crippen LogP) is 1.52. The first kappa shape index (κ1) is 8.01. The van der Waals surface area contributed by atoms with Crippen LogP contribution < -0.4 is 0 Å². The lowest BCUT2D eigenvalue weighted by Gasteiger charge is -2.00. The van der Waals surface area contributed by atoms with E-state index in [1.165, 1.54) is 0 Å². The van der Waals surface area contributed by atoms with Gasteiger partial charge >= 0.3 is 6.16 Å². The number of hydrogen-bond donors (Lipinski definition) is 0. The summed E-state index contributed by atoms with van der Waals surface area (Å²) in [5.74, 6) is 0. The van der Waals surface area contributed by atoms with Crippen molar-refractivity contribution in [1.29, 1.82) is 0 Å². The Kier molecular flexibility index (Phi) is 3.51. The third-order valence-electron chi connectivity index (χ3n) is 0.746. The summed E-state index contributed by atoms with van der Waals surface area (Å²) in [5.41, 5.74) is 0. The highest BCUT2D eigenvalue weighted by Crippen LogP contribution is 1.92. The molecule has 0 saturated heterocycles.